The first-order valence-electron chi connectivity index (χ1n) is 11.1. The van der Waals surface area contributed by atoms with Crippen LogP contribution in [-0.2, 0) is 4.74 Å². The number of methoxy groups -OCH3 is 1. The van der Waals surface area contributed by atoms with Gasteiger partial charge in [-0.3, -0.25) is 0 Å². The predicted molar refractivity (Wildman–Crippen MR) is 131 cm³/mol. The number of fused-ring (bicyclic) bond motifs is 1. The van der Waals surface area contributed by atoms with Crippen molar-refractivity contribution in [3.05, 3.63) is 83.4 Å². The molecule has 0 amide bonds. The second-order valence-electron chi connectivity index (χ2n) is 8.36. The lowest BCUT2D eigenvalue weighted by Gasteiger charge is -2.31. The molecule has 3 aromatic carbocycles. The fourth-order valence-corrected chi connectivity index (χ4v) is 5.38. The summed E-state index contributed by atoms with van der Waals surface area (Å²) in [5, 5.41) is 1.02. The number of nitrogens with zero attached hydrogens (tertiary/aromatic N) is 2. The van der Waals surface area contributed by atoms with Gasteiger partial charge in [-0.1, -0.05) is 48.5 Å². The monoisotopic (exact) mass is 444 g/mol. The third-order valence-electron chi connectivity index (χ3n) is 6.14. The van der Waals surface area contributed by atoms with Crippen LogP contribution in [0.2, 0.25) is 0 Å². The maximum Gasteiger partial charge on any atom is 0.134 e. The molecular weight excluding hydrogens is 416 g/mol. The lowest BCUT2D eigenvalue weighted by atomic mass is 9.99. The molecule has 1 fully saturated rings. The number of benzene rings is 3. The third kappa shape index (κ3) is 4.42. The van der Waals surface area contributed by atoms with Crippen LogP contribution < -0.4 is 4.74 Å². The molecule has 1 aliphatic rings. The number of piperidine rings is 1. The molecule has 164 valence electrons. The van der Waals surface area contributed by atoms with Crippen molar-refractivity contribution in [3.63, 3.8) is 0 Å². The first-order valence-corrected chi connectivity index (χ1v) is 12.0. The minimum absolute atomic E-state index is 0.185. The minimum Gasteiger partial charge on any atom is -0.496 e. The van der Waals surface area contributed by atoms with E-state index in [-0.39, 0.29) is 12.2 Å². The molecule has 1 unspecified atom stereocenters. The van der Waals surface area contributed by atoms with Crippen molar-refractivity contribution in [3.8, 4) is 16.9 Å². The van der Waals surface area contributed by atoms with Gasteiger partial charge in [-0.05, 0) is 55.3 Å². The van der Waals surface area contributed by atoms with Gasteiger partial charge in [0.15, 0.2) is 0 Å². The van der Waals surface area contributed by atoms with E-state index in [0.29, 0.717) is 0 Å². The lowest BCUT2D eigenvalue weighted by Crippen LogP contribution is -2.35. The molecule has 1 aromatic heterocycles. The van der Waals surface area contributed by atoms with E-state index >= 15 is 0 Å². The summed E-state index contributed by atoms with van der Waals surface area (Å²) in [4.78, 5) is 7.33. The van der Waals surface area contributed by atoms with Crippen LogP contribution in [0.5, 0.6) is 5.75 Å². The van der Waals surface area contributed by atoms with Gasteiger partial charge >= 0.3 is 0 Å². The van der Waals surface area contributed by atoms with Gasteiger partial charge in [-0.2, -0.15) is 0 Å². The molecule has 1 aliphatic heterocycles. The third-order valence-corrected chi connectivity index (χ3v) is 7.22. The van der Waals surface area contributed by atoms with E-state index in [1.54, 1.807) is 18.4 Å². The van der Waals surface area contributed by atoms with Gasteiger partial charge < -0.3 is 14.4 Å². The summed E-state index contributed by atoms with van der Waals surface area (Å²) >= 11 is 1.73. The van der Waals surface area contributed by atoms with Crippen LogP contribution in [0, 0.1) is 0 Å². The standard InChI is InChI=1S/C27H28N2O2S/c1-29-16-14-21(15-17-29)31-26(27-28-23-11-4-6-13-25(23)32-27)20-9-7-8-19(18-20)22-10-3-5-12-24(22)30-2/h3-13,18,21,26H,14-17H2,1-2H3. The van der Waals surface area contributed by atoms with Crippen molar-refractivity contribution in [2.45, 2.75) is 25.0 Å². The van der Waals surface area contributed by atoms with Gasteiger partial charge in [0.25, 0.3) is 0 Å². The molecule has 32 heavy (non-hydrogen) atoms. The van der Waals surface area contributed by atoms with Crippen LogP contribution >= 0.6 is 11.3 Å². The van der Waals surface area contributed by atoms with E-state index in [4.69, 9.17) is 14.5 Å². The number of hydrogen-bond acceptors (Lipinski definition) is 5. The Labute approximate surface area is 193 Å². The highest BCUT2D eigenvalue weighted by Gasteiger charge is 2.26. The van der Waals surface area contributed by atoms with Gasteiger partial charge in [-0.25, -0.2) is 4.98 Å². The SMILES string of the molecule is COc1ccccc1-c1cccc(C(OC2CCN(C)CC2)c2nc3ccccc3s2)c1. The van der Waals surface area contributed by atoms with Crippen LogP contribution in [0.4, 0.5) is 0 Å². The molecule has 4 aromatic rings. The van der Waals surface area contributed by atoms with Gasteiger partial charge in [0.2, 0.25) is 0 Å². The van der Waals surface area contributed by atoms with Gasteiger partial charge in [0, 0.05) is 18.7 Å². The summed E-state index contributed by atoms with van der Waals surface area (Å²) in [5.41, 5.74) is 4.37. The first kappa shape index (κ1) is 21.1. The molecule has 0 bridgehead atoms. The van der Waals surface area contributed by atoms with E-state index in [1.807, 2.05) is 24.3 Å². The quantitative estimate of drug-likeness (QED) is 0.356. The van der Waals surface area contributed by atoms with Crippen LogP contribution in [0.3, 0.4) is 0 Å². The highest BCUT2D eigenvalue weighted by molar-refractivity contribution is 7.18. The molecule has 0 saturated carbocycles. The predicted octanol–water partition coefficient (Wildman–Crippen LogP) is 6.17. The number of hydrogen-bond donors (Lipinski definition) is 0. The fourth-order valence-electron chi connectivity index (χ4n) is 4.35. The Morgan fingerprint density at radius 1 is 0.969 bits per heavy atom. The Morgan fingerprint density at radius 3 is 2.56 bits per heavy atom. The zero-order valence-corrected chi connectivity index (χ0v) is 19.3. The molecule has 0 spiro atoms. The molecule has 4 nitrogen and oxygen atoms in total. The highest BCUT2D eigenvalue weighted by atomic mass is 32.1. The van der Waals surface area contributed by atoms with Crippen LogP contribution in [0.15, 0.2) is 72.8 Å². The summed E-state index contributed by atoms with van der Waals surface area (Å²) in [5.74, 6) is 0.873. The normalized spacial score (nSPS) is 16.3. The smallest absolute Gasteiger partial charge is 0.134 e. The largest absolute Gasteiger partial charge is 0.496 e. The molecular formula is C27H28N2O2S. The second kappa shape index (κ2) is 9.41. The Kier molecular flexibility index (Phi) is 6.21. The van der Waals surface area contributed by atoms with E-state index in [0.717, 1.165) is 58.9 Å². The Hall–Kier alpha value is -2.73. The van der Waals surface area contributed by atoms with Crippen LogP contribution in [0.25, 0.3) is 21.3 Å². The van der Waals surface area contributed by atoms with E-state index in [1.165, 1.54) is 4.70 Å². The summed E-state index contributed by atoms with van der Waals surface area (Å²) < 4.78 is 13.6. The van der Waals surface area contributed by atoms with E-state index < -0.39 is 0 Å². The van der Waals surface area contributed by atoms with Crippen molar-refractivity contribution in [2.24, 2.45) is 0 Å². The van der Waals surface area contributed by atoms with Crippen molar-refractivity contribution >= 4 is 21.6 Å². The second-order valence-corrected chi connectivity index (χ2v) is 9.43. The van der Waals surface area contributed by atoms with Gasteiger partial charge in [0.05, 0.1) is 23.4 Å². The summed E-state index contributed by atoms with van der Waals surface area (Å²) in [6.45, 7) is 2.14. The van der Waals surface area contributed by atoms with Crippen molar-refractivity contribution < 1.29 is 9.47 Å². The molecule has 1 atom stereocenters. The number of aromatic nitrogens is 1. The molecule has 2 heterocycles. The fraction of sp³-hybridized carbons (Fsp3) is 0.296. The summed E-state index contributed by atoms with van der Waals surface area (Å²) in [7, 11) is 3.90. The highest BCUT2D eigenvalue weighted by Crippen LogP contribution is 2.37. The molecule has 0 aliphatic carbocycles. The molecule has 5 rings (SSSR count). The van der Waals surface area contributed by atoms with Gasteiger partial charge in [0.1, 0.15) is 16.9 Å². The van der Waals surface area contributed by atoms with E-state index in [2.05, 4.69) is 60.5 Å². The van der Waals surface area contributed by atoms with Crippen LogP contribution in [-0.4, -0.2) is 43.2 Å². The maximum absolute atomic E-state index is 6.78. The van der Waals surface area contributed by atoms with Crippen molar-refractivity contribution in [2.75, 3.05) is 27.2 Å². The Bertz CT molecular complexity index is 1160. The Morgan fingerprint density at radius 2 is 1.75 bits per heavy atom. The molecule has 0 N–H and O–H groups in total. The Balaban J connectivity index is 1.54. The van der Waals surface area contributed by atoms with Crippen LogP contribution in [0.1, 0.15) is 29.5 Å². The maximum atomic E-state index is 6.78. The molecule has 1 saturated heterocycles. The number of likely N-dealkylation sites (tertiary alicyclic amines) is 1. The molecule has 5 heteroatoms. The average Bonchev–Trinajstić information content (AvgIpc) is 3.27. The van der Waals surface area contributed by atoms with Gasteiger partial charge in [-0.15, -0.1) is 11.3 Å². The minimum atomic E-state index is -0.185. The van der Waals surface area contributed by atoms with E-state index in [9.17, 15) is 0 Å². The number of para-hydroxylation sites is 2. The summed E-state index contributed by atoms with van der Waals surface area (Å²) in [6, 6.07) is 25.1. The first-order chi connectivity index (χ1) is 15.7. The number of ether oxygens (including phenoxy) is 2. The lowest BCUT2D eigenvalue weighted by molar-refractivity contribution is -0.0234. The number of rotatable bonds is 6. The topological polar surface area (TPSA) is 34.6 Å². The number of thiazole rings is 1. The average molecular weight is 445 g/mol. The zero-order valence-electron chi connectivity index (χ0n) is 18.5. The molecule has 0 radical (unpaired) electrons. The summed E-state index contributed by atoms with van der Waals surface area (Å²) in [6.07, 6.45) is 2.14. The zero-order chi connectivity index (χ0) is 21.9. The van der Waals surface area contributed by atoms with Crippen molar-refractivity contribution in [1.29, 1.82) is 0 Å². The van der Waals surface area contributed by atoms with Crippen molar-refractivity contribution in [1.82, 2.24) is 9.88 Å².